The number of hydrogen-bond donors (Lipinski definition) is 3. The first kappa shape index (κ1) is 16.9. The molecule has 0 saturated heterocycles. The Kier molecular flexibility index (Phi) is 3.56. The largest absolute Gasteiger partial charge is 0.347 e. The summed E-state index contributed by atoms with van der Waals surface area (Å²) in [7, 11) is 0. The van der Waals surface area contributed by atoms with Crippen molar-refractivity contribution in [3.63, 3.8) is 0 Å². The topological polar surface area (TPSA) is 99.3 Å². The predicted molar refractivity (Wildman–Crippen MR) is 108 cm³/mol. The van der Waals surface area contributed by atoms with E-state index in [0.717, 1.165) is 35.0 Å². The van der Waals surface area contributed by atoms with Crippen molar-refractivity contribution in [1.82, 2.24) is 30.5 Å². The van der Waals surface area contributed by atoms with Crippen LogP contribution in [0.3, 0.4) is 0 Å². The van der Waals surface area contributed by atoms with Gasteiger partial charge in [-0.25, -0.2) is 9.97 Å². The van der Waals surface area contributed by atoms with Gasteiger partial charge in [0.1, 0.15) is 16.9 Å². The Bertz CT molecular complexity index is 1210. The molecule has 0 atom stereocenters. The molecule has 4 aromatic rings. The quantitative estimate of drug-likeness (QED) is 0.507. The van der Waals surface area contributed by atoms with E-state index in [1.54, 1.807) is 12.4 Å². The van der Waals surface area contributed by atoms with Crippen LogP contribution < -0.4 is 5.32 Å². The number of aromatic amines is 2. The Labute approximate surface area is 162 Å². The van der Waals surface area contributed by atoms with Crippen LogP contribution in [0.5, 0.6) is 0 Å². The van der Waals surface area contributed by atoms with Crippen LogP contribution in [0.4, 0.5) is 0 Å². The second-order valence-electron chi connectivity index (χ2n) is 8.23. The van der Waals surface area contributed by atoms with E-state index in [0.29, 0.717) is 28.3 Å². The van der Waals surface area contributed by atoms with Gasteiger partial charge in [-0.3, -0.25) is 9.89 Å². The summed E-state index contributed by atoms with van der Waals surface area (Å²) in [5.41, 5.74) is 4.92. The number of aryl methyl sites for hydroxylation is 1. The lowest BCUT2D eigenvalue weighted by Gasteiger charge is -2.25. The minimum absolute atomic E-state index is 0.128. The first-order chi connectivity index (χ1) is 13.4. The maximum Gasteiger partial charge on any atom is 0.255 e. The number of nitrogens with zero attached hydrogens (tertiary/aromatic N) is 3. The summed E-state index contributed by atoms with van der Waals surface area (Å²) in [4.78, 5) is 25.1. The molecule has 1 amide bonds. The lowest BCUT2D eigenvalue weighted by Crippen LogP contribution is -2.45. The second kappa shape index (κ2) is 5.89. The smallest absolute Gasteiger partial charge is 0.255 e. The van der Waals surface area contributed by atoms with E-state index in [4.69, 9.17) is 4.98 Å². The molecule has 0 spiro atoms. The van der Waals surface area contributed by atoms with Gasteiger partial charge in [-0.05, 0) is 51.2 Å². The molecule has 1 fully saturated rings. The van der Waals surface area contributed by atoms with E-state index in [1.165, 1.54) is 0 Å². The van der Waals surface area contributed by atoms with E-state index < -0.39 is 0 Å². The third-order valence-corrected chi connectivity index (χ3v) is 5.62. The first-order valence-electron chi connectivity index (χ1n) is 9.54. The van der Waals surface area contributed by atoms with E-state index in [9.17, 15) is 4.79 Å². The van der Waals surface area contributed by atoms with Gasteiger partial charge < -0.3 is 10.3 Å². The lowest BCUT2D eigenvalue weighted by molar-refractivity contribution is 0.0905. The van der Waals surface area contributed by atoms with Gasteiger partial charge in [0.15, 0.2) is 5.65 Å². The molecular weight excluding hydrogens is 352 g/mol. The Hall–Kier alpha value is -3.22. The van der Waals surface area contributed by atoms with Crippen molar-refractivity contribution < 1.29 is 4.79 Å². The van der Waals surface area contributed by atoms with Crippen LogP contribution in [0.1, 0.15) is 42.6 Å². The Morgan fingerprint density at radius 3 is 2.89 bits per heavy atom. The molecule has 0 aliphatic heterocycles. The minimum Gasteiger partial charge on any atom is -0.347 e. The Morgan fingerprint density at radius 2 is 2.11 bits per heavy atom. The van der Waals surface area contributed by atoms with Crippen LogP contribution in [-0.2, 0) is 0 Å². The summed E-state index contributed by atoms with van der Waals surface area (Å²) in [5.74, 6) is 0.416. The highest BCUT2D eigenvalue weighted by Crippen LogP contribution is 2.39. The van der Waals surface area contributed by atoms with Gasteiger partial charge in [0.2, 0.25) is 0 Å². The number of H-pyrrole nitrogens is 2. The van der Waals surface area contributed by atoms with Gasteiger partial charge in [0.25, 0.3) is 5.91 Å². The summed E-state index contributed by atoms with van der Waals surface area (Å²) < 4.78 is 0. The maximum absolute atomic E-state index is 12.9. The van der Waals surface area contributed by atoms with Crippen molar-refractivity contribution in [2.45, 2.75) is 39.2 Å². The van der Waals surface area contributed by atoms with Crippen molar-refractivity contribution in [2.75, 3.05) is 0 Å². The number of rotatable bonds is 4. The SMILES string of the molecule is Cc1ccc2c(-c3cnc4[nH]cc(C(=O)NC(C)(C)C5CC5)c4n3)n[nH]c2c1. The van der Waals surface area contributed by atoms with Crippen molar-refractivity contribution in [3.8, 4) is 11.4 Å². The maximum atomic E-state index is 12.9. The van der Waals surface area contributed by atoms with Crippen molar-refractivity contribution in [3.05, 3.63) is 41.7 Å². The average molecular weight is 374 g/mol. The van der Waals surface area contributed by atoms with Crippen LogP contribution in [0.2, 0.25) is 0 Å². The summed E-state index contributed by atoms with van der Waals surface area (Å²) in [6.07, 6.45) is 5.69. The molecule has 7 heteroatoms. The van der Waals surface area contributed by atoms with Crippen LogP contribution in [-0.4, -0.2) is 36.6 Å². The molecule has 28 heavy (non-hydrogen) atoms. The molecule has 1 aliphatic carbocycles. The monoisotopic (exact) mass is 374 g/mol. The third kappa shape index (κ3) is 2.74. The molecule has 0 radical (unpaired) electrons. The summed E-state index contributed by atoms with van der Waals surface area (Å²) in [6.45, 7) is 6.19. The molecule has 3 heterocycles. The highest BCUT2D eigenvalue weighted by Gasteiger charge is 2.39. The zero-order valence-corrected chi connectivity index (χ0v) is 16.1. The first-order valence-corrected chi connectivity index (χ1v) is 9.54. The number of hydrogen-bond acceptors (Lipinski definition) is 4. The van der Waals surface area contributed by atoms with E-state index in [-0.39, 0.29) is 11.4 Å². The normalized spacial score (nSPS) is 14.7. The predicted octanol–water partition coefficient (Wildman–Crippen LogP) is 3.73. The highest BCUT2D eigenvalue weighted by molar-refractivity contribution is 6.05. The van der Waals surface area contributed by atoms with Crippen LogP contribution in [0.15, 0.2) is 30.6 Å². The van der Waals surface area contributed by atoms with Crippen LogP contribution in [0.25, 0.3) is 33.5 Å². The number of carbonyl (C=O) groups excluding carboxylic acids is 1. The number of nitrogens with one attached hydrogen (secondary N) is 3. The zero-order chi connectivity index (χ0) is 19.5. The fraction of sp³-hybridized carbons (Fsp3) is 0.333. The van der Waals surface area contributed by atoms with Gasteiger partial charge >= 0.3 is 0 Å². The van der Waals surface area contributed by atoms with Crippen LogP contribution >= 0.6 is 0 Å². The molecule has 7 nitrogen and oxygen atoms in total. The number of aromatic nitrogens is 5. The molecule has 1 aromatic carbocycles. The number of carbonyl (C=O) groups is 1. The summed E-state index contributed by atoms with van der Waals surface area (Å²) in [6, 6.07) is 6.12. The molecule has 0 unspecified atom stereocenters. The number of benzene rings is 1. The van der Waals surface area contributed by atoms with Crippen LogP contribution in [0, 0.1) is 12.8 Å². The average Bonchev–Trinajstić information content (AvgIpc) is 3.32. The molecular formula is C21H22N6O. The minimum atomic E-state index is -0.220. The standard InChI is InChI=1S/C21H22N6O/c1-11-4-7-13-15(8-11)26-27-17(13)16-10-23-19-18(24-16)14(9-22-19)20(28)25-21(2,3)12-5-6-12/h4,7-10,12H,5-6H2,1-3H3,(H,22,23)(H,25,28)(H,26,27). The molecule has 5 rings (SSSR count). The number of amides is 1. The fourth-order valence-corrected chi connectivity index (χ4v) is 3.77. The zero-order valence-electron chi connectivity index (χ0n) is 16.1. The van der Waals surface area contributed by atoms with Crippen molar-refractivity contribution >= 4 is 28.0 Å². The molecule has 142 valence electrons. The molecule has 3 N–H and O–H groups in total. The molecule has 0 bridgehead atoms. The van der Waals surface area contributed by atoms with E-state index in [1.807, 2.05) is 25.1 Å². The van der Waals surface area contributed by atoms with Gasteiger partial charge in [0.05, 0.1) is 17.3 Å². The highest BCUT2D eigenvalue weighted by atomic mass is 16.1. The van der Waals surface area contributed by atoms with E-state index in [2.05, 4.69) is 39.3 Å². The third-order valence-electron chi connectivity index (χ3n) is 5.62. The lowest BCUT2D eigenvalue weighted by atomic mass is 9.98. The molecule has 3 aromatic heterocycles. The number of fused-ring (bicyclic) bond motifs is 2. The van der Waals surface area contributed by atoms with Crippen molar-refractivity contribution in [2.24, 2.45) is 5.92 Å². The van der Waals surface area contributed by atoms with Crippen molar-refractivity contribution in [1.29, 1.82) is 0 Å². The summed E-state index contributed by atoms with van der Waals surface area (Å²) >= 11 is 0. The van der Waals surface area contributed by atoms with Gasteiger partial charge in [-0.2, -0.15) is 5.10 Å². The Balaban J connectivity index is 1.55. The van der Waals surface area contributed by atoms with Gasteiger partial charge in [0, 0.05) is 17.1 Å². The summed E-state index contributed by atoms with van der Waals surface area (Å²) in [5, 5.41) is 11.6. The Morgan fingerprint density at radius 1 is 1.29 bits per heavy atom. The van der Waals surface area contributed by atoms with E-state index >= 15 is 0 Å². The molecule has 1 aliphatic rings. The van der Waals surface area contributed by atoms with Gasteiger partial charge in [-0.15, -0.1) is 0 Å². The van der Waals surface area contributed by atoms with Gasteiger partial charge in [-0.1, -0.05) is 12.1 Å². The second-order valence-corrected chi connectivity index (χ2v) is 8.23. The fourth-order valence-electron chi connectivity index (χ4n) is 3.77. The molecule has 1 saturated carbocycles.